The Bertz CT molecular complexity index is 466. The fourth-order valence-electron chi connectivity index (χ4n) is 1.15. The predicted molar refractivity (Wildman–Crippen MR) is 57.4 cm³/mol. The number of nitrogens with zero attached hydrogens (tertiary/aromatic N) is 2. The molecule has 1 aromatic heterocycles. The van der Waals surface area contributed by atoms with Crippen molar-refractivity contribution in [2.45, 2.75) is 0 Å². The fraction of sp³-hybridized carbons (Fsp3) is 0. The van der Waals surface area contributed by atoms with E-state index in [-0.39, 0.29) is 5.75 Å². The van der Waals surface area contributed by atoms with Crippen LogP contribution in [-0.2, 0) is 0 Å². The molecule has 2 rings (SSSR count). The van der Waals surface area contributed by atoms with Crippen molar-refractivity contribution in [2.24, 2.45) is 4.99 Å². The monoisotopic (exact) mass is 197 g/mol. The van der Waals surface area contributed by atoms with Crippen LogP contribution in [-0.4, -0.2) is 11.2 Å². The molecular formula is C12H9N2O-. The summed E-state index contributed by atoms with van der Waals surface area (Å²) in [6, 6.07) is 12.2. The molecule has 0 aliphatic heterocycles. The summed E-state index contributed by atoms with van der Waals surface area (Å²) in [5, 5.41) is 11.3. The van der Waals surface area contributed by atoms with E-state index in [9.17, 15) is 5.11 Å². The number of pyridine rings is 1. The van der Waals surface area contributed by atoms with E-state index >= 15 is 0 Å². The first-order chi connectivity index (χ1) is 7.36. The second-order valence-corrected chi connectivity index (χ2v) is 2.98. The minimum absolute atomic E-state index is 0.0790. The maximum atomic E-state index is 11.3. The number of para-hydroxylation sites is 2. The van der Waals surface area contributed by atoms with Crippen molar-refractivity contribution in [3.63, 3.8) is 0 Å². The Morgan fingerprint density at radius 1 is 1.07 bits per heavy atom. The van der Waals surface area contributed by atoms with Crippen molar-refractivity contribution >= 4 is 11.9 Å². The van der Waals surface area contributed by atoms with Gasteiger partial charge in [-0.05, 0) is 18.2 Å². The first kappa shape index (κ1) is 9.40. The van der Waals surface area contributed by atoms with Gasteiger partial charge < -0.3 is 5.11 Å². The van der Waals surface area contributed by atoms with Gasteiger partial charge in [0.05, 0.1) is 17.6 Å². The molecule has 0 spiro atoms. The van der Waals surface area contributed by atoms with E-state index < -0.39 is 0 Å². The van der Waals surface area contributed by atoms with Crippen molar-refractivity contribution in [1.29, 1.82) is 0 Å². The molecule has 0 radical (unpaired) electrons. The van der Waals surface area contributed by atoms with Crippen molar-refractivity contribution in [3.05, 3.63) is 54.4 Å². The van der Waals surface area contributed by atoms with Crippen LogP contribution in [0.1, 0.15) is 5.69 Å². The van der Waals surface area contributed by atoms with Gasteiger partial charge in [-0.15, -0.1) is 0 Å². The first-order valence-electron chi connectivity index (χ1n) is 4.57. The Labute approximate surface area is 87.8 Å². The molecule has 2 aromatic rings. The number of benzene rings is 1. The van der Waals surface area contributed by atoms with Crippen molar-refractivity contribution in [2.75, 3.05) is 0 Å². The van der Waals surface area contributed by atoms with Crippen LogP contribution >= 0.6 is 0 Å². The van der Waals surface area contributed by atoms with Crippen LogP contribution in [0.5, 0.6) is 5.75 Å². The van der Waals surface area contributed by atoms with Gasteiger partial charge in [0, 0.05) is 6.20 Å². The third-order valence-corrected chi connectivity index (χ3v) is 1.89. The normalized spacial score (nSPS) is 10.7. The lowest BCUT2D eigenvalue weighted by atomic mass is 10.3. The predicted octanol–water partition coefficient (Wildman–Crippen LogP) is 1.91. The van der Waals surface area contributed by atoms with E-state index in [0.717, 1.165) is 5.69 Å². The average Bonchev–Trinajstić information content (AvgIpc) is 2.29. The highest BCUT2D eigenvalue weighted by molar-refractivity contribution is 5.80. The van der Waals surface area contributed by atoms with E-state index in [4.69, 9.17) is 0 Å². The van der Waals surface area contributed by atoms with Gasteiger partial charge in [0.2, 0.25) is 0 Å². The van der Waals surface area contributed by atoms with Gasteiger partial charge in [0.1, 0.15) is 0 Å². The Morgan fingerprint density at radius 2 is 1.87 bits per heavy atom. The van der Waals surface area contributed by atoms with Gasteiger partial charge in [0.25, 0.3) is 0 Å². The van der Waals surface area contributed by atoms with Crippen molar-refractivity contribution in [1.82, 2.24) is 4.98 Å². The Hall–Kier alpha value is -2.16. The number of hydrogen-bond acceptors (Lipinski definition) is 3. The number of aromatic nitrogens is 1. The Kier molecular flexibility index (Phi) is 2.74. The molecule has 0 saturated carbocycles. The molecule has 3 nitrogen and oxygen atoms in total. The summed E-state index contributed by atoms with van der Waals surface area (Å²) in [7, 11) is 0. The topological polar surface area (TPSA) is 48.3 Å². The molecule has 0 unspecified atom stereocenters. The lowest BCUT2D eigenvalue weighted by molar-refractivity contribution is -0.267. The molecule has 15 heavy (non-hydrogen) atoms. The standard InChI is InChI=1S/C12H10N2O/c15-12-7-2-1-6-11(12)14-9-10-5-3-4-8-13-10/h1-9,15H/p-1. The molecule has 0 aliphatic rings. The molecule has 3 heteroatoms. The summed E-state index contributed by atoms with van der Waals surface area (Å²) < 4.78 is 0. The Balaban J connectivity index is 2.23. The Morgan fingerprint density at radius 3 is 2.60 bits per heavy atom. The SMILES string of the molecule is [O-]c1ccccc1N=Cc1ccccn1. The van der Waals surface area contributed by atoms with Gasteiger partial charge in [0.15, 0.2) is 0 Å². The molecule has 0 amide bonds. The minimum Gasteiger partial charge on any atom is -0.871 e. The number of rotatable bonds is 2. The zero-order valence-electron chi connectivity index (χ0n) is 8.00. The molecule has 74 valence electrons. The van der Waals surface area contributed by atoms with E-state index in [1.54, 1.807) is 30.6 Å². The van der Waals surface area contributed by atoms with Crippen molar-refractivity contribution < 1.29 is 5.11 Å². The molecule has 0 fully saturated rings. The van der Waals surface area contributed by atoms with E-state index in [2.05, 4.69) is 9.98 Å². The third-order valence-electron chi connectivity index (χ3n) is 1.89. The van der Waals surface area contributed by atoms with Crippen LogP contribution in [0.4, 0.5) is 5.69 Å². The van der Waals surface area contributed by atoms with Gasteiger partial charge in [-0.2, -0.15) is 0 Å². The third kappa shape index (κ3) is 2.40. The molecule has 0 bridgehead atoms. The smallest absolute Gasteiger partial charge is 0.0812 e. The summed E-state index contributed by atoms with van der Waals surface area (Å²) in [6.07, 6.45) is 3.27. The fourth-order valence-corrected chi connectivity index (χ4v) is 1.15. The number of hydrogen-bond donors (Lipinski definition) is 0. The quantitative estimate of drug-likeness (QED) is 0.690. The van der Waals surface area contributed by atoms with E-state index in [0.29, 0.717) is 5.69 Å². The van der Waals surface area contributed by atoms with E-state index in [1.165, 1.54) is 6.07 Å². The molecule has 1 heterocycles. The first-order valence-corrected chi connectivity index (χ1v) is 4.57. The summed E-state index contributed by atoms with van der Waals surface area (Å²) >= 11 is 0. The van der Waals surface area contributed by atoms with Gasteiger partial charge in [-0.1, -0.05) is 30.0 Å². The van der Waals surface area contributed by atoms with Crippen LogP contribution in [0, 0.1) is 0 Å². The average molecular weight is 197 g/mol. The van der Waals surface area contributed by atoms with Crippen LogP contribution < -0.4 is 5.11 Å². The lowest BCUT2D eigenvalue weighted by Gasteiger charge is -2.07. The highest BCUT2D eigenvalue weighted by Gasteiger charge is 1.89. The van der Waals surface area contributed by atoms with Crippen LogP contribution in [0.25, 0.3) is 0 Å². The minimum atomic E-state index is -0.0790. The largest absolute Gasteiger partial charge is 0.871 e. The molecule has 0 atom stereocenters. The summed E-state index contributed by atoms with van der Waals surface area (Å²) in [6.45, 7) is 0. The summed E-state index contributed by atoms with van der Waals surface area (Å²) in [5.41, 5.74) is 1.17. The summed E-state index contributed by atoms with van der Waals surface area (Å²) in [5.74, 6) is -0.0790. The molecule has 0 saturated heterocycles. The molecule has 0 aliphatic carbocycles. The summed E-state index contributed by atoms with van der Waals surface area (Å²) in [4.78, 5) is 8.15. The number of aliphatic imine (C=N–C) groups is 1. The molecular weight excluding hydrogens is 188 g/mol. The second kappa shape index (κ2) is 4.37. The van der Waals surface area contributed by atoms with Gasteiger partial charge in [-0.25, -0.2) is 0 Å². The van der Waals surface area contributed by atoms with Gasteiger partial charge in [-0.3, -0.25) is 9.98 Å². The zero-order chi connectivity index (χ0) is 10.5. The van der Waals surface area contributed by atoms with E-state index in [1.807, 2.05) is 18.2 Å². The van der Waals surface area contributed by atoms with Crippen LogP contribution in [0.2, 0.25) is 0 Å². The van der Waals surface area contributed by atoms with Crippen molar-refractivity contribution in [3.8, 4) is 5.75 Å². The zero-order valence-corrected chi connectivity index (χ0v) is 8.00. The lowest BCUT2D eigenvalue weighted by Crippen LogP contribution is -1.89. The maximum absolute atomic E-state index is 11.3. The molecule has 0 N–H and O–H groups in total. The highest BCUT2D eigenvalue weighted by Crippen LogP contribution is 2.21. The maximum Gasteiger partial charge on any atom is 0.0812 e. The van der Waals surface area contributed by atoms with Crippen LogP contribution in [0.15, 0.2) is 53.7 Å². The van der Waals surface area contributed by atoms with Crippen LogP contribution in [0.3, 0.4) is 0 Å². The van der Waals surface area contributed by atoms with Gasteiger partial charge >= 0.3 is 0 Å². The second-order valence-electron chi connectivity index (χ2n) is 2.98. The highest BCUT2D eigenvalue weighted by atomic mass is 16.3. The molecule has 1 aromatic carbocycles.